The third-order valence-corrected chi connectivity index (χ3v) is 4.72. The first-order valence-electron chi connectivity index (χ1n) is 6.01. The van der Waals surface area contributed by atoms with Crippen molar-refractivity contribution in [1.82, 2.24) is 0 Å². The van der Waals surface area contributed by atoms with Gasteiger partial charge in [-0.15, -0.1) is 0 Å². The molecule has 0 radical (unpaired) electrons. The van der Waals surface area contributed by atoms with Gasteiger partial charge in [-0.05, 0) is 62.2 Å². The molecule has 0 N–H and O–H groups in total. The van der Waals surface area contributed by atoms with Crippen LogP contribution >= 0.6 is 0 Å². The van der Waals surface area contributed by atoms with Crippen LogP contribution in [0.2, 0.25) is 0 Å². The third kappa shape index (κ3) is 0.918. The predicted octanol–water partition coefficient (Wildman–Crippen LogP) is 2.64. The van der Waals surface area contributed by atoms with E-state index in [-0.39, 0.29) is 0 Å². The Balaban J connectivity index is 1.55. The molecular formula is C12H16N2. The van der Waals surface area contributed by atoms with Gasteiger partial charge in [0.25, 0.3) is 0 Å². The fraction of sp³-hybridized carbons (Fsp3) is 0.833. The number of fused-ring (bicyclic) bond motifs is 2. The fourth-order valence-electron chi connectivity index (χ4n) is 3.65. The molecule has 0 aromatic rings. The van der Waals surface area contributed by atoms with E-state index in [1.165, 1.54) is 49.9 Å². The summed E-state index contributed by atoms with van der Waals surface area (Å²) in [5.74, 6) is 3.63. The lowest BCUT2D eigenvalue weighted by molar-refractivity contribution is 0.323. The van der Waals surface area contributed by atoms with Crippen molar-refractivity contribution in [3.63, 3.8) is 0 Å². The number of nitrogens with zero attached hydrogens (tertiary/aromatic N) is 2. The Kier molecular flexibility index (Phi) is 1.34. The van der Waals surface area contributed by atoms with Crippen LogP contribution in [0.3, 0.4) is 0 Å². The summed E-state index contributed by atoms with van der Waals surface area (Å²) in [6.45, 7) is 0. The summed E-state index contributed by atoms with van der Waals surface area (Å²) in [5.41, 5.74) is 2.85. The van der Waals surface area contributed by atoms with E-state index in [9.17, 15) is 0 Å². The van der Waals surface area contributed by atoms with Gasteiger partial charge in [0.1, 0.15) is 0 Å². The first-order chi connectivity index (χ1) is 6.88. The molecule has 0 aliphatic heterocycles. The van der Waals surface area contributed by atoms with Crippen LogP contribution in [0.15, 0.2) is 10.2 Å². The van der Waals surface area contributed by atoms with Crippen LogP contribution in [0.1, 0.15) is 38.5 Å². The molecule has 6 saturated carbocycles. The van der Waals surface area contributed by atoms with E-state index in [0.29, 0.717) is 0 Å². The van der Waals surface area contributed by atoms with Crippen molar-refractivity contribution < 1.29 is 0 Å². The SMILES string of the molecule is C1C(=N/N=C2\CC3CC2C3)C2CC1C2. The summed E-state index contributed by atoms with van der Waals surface area (Å²) in [6, 6.07) is 0. The lowest BCUT2D eigenvalue weighted by atomic mass is 9.84. The van der Waals surface area contributed by atoms with E-state index in [1.807, 2.05) is 0 Å². The van der Waals surface area contributed by atoms with Crippen LogP contribution in [0.4, 0.5) is 0 Å². The Morgan fingerprint density at radius 1 is 0.714 bits per heavy atom. The Labute approximate surface area is 84.5 Å². The second kappa shape index (κ2) is 2.47. The Hall–Kier alpha value is -0.660. The van der Waals surface area contributed by atoms with E-state index < -0.39 is 0 Å². The van der Waals surface area contributed by atoms with Crippen molar-refractivity contribution >= 4 is 11.4 Å². The van der Waals surface area contributed by atoms with Crippen molar-refractivity contribution in [2.45, 2.75) is 38.5 Å². The second-order valence-electron chi connectivity index (χ2n) is 5.66. The fourth-order valence-corrected chi connectivity index (χ4v) is 3.65. The molecule has 14 heavy (non-hydrogen) atoms. The number of hydrogen-bond donors (Lipinski definition) is 0. The Morgan fingerprint density at radius 3 is 1.43 bits per heavy atom. The van der Waals surface area contributed by atoms with Crippen molar-refractivity contribution in [2.75, 3.05) is 0 Å². The normalized spacial score (nSPS) is 53.7. The topological polar surface area (TPSA) is 24.7 Å². The van der Waals surface area contributed by atoms with Crippen LogP contribution in [0, 0.1) is 23.7 Å². The standard InChI is InChI=1S/C12H16N2/c1-7-2-9(1)11(5-7)13-14-12-6-8-3-10(12)4-8/h7-10H,1-6H2/b13-11+,14-12?. The minimum atomic E-state index is 0.834. The lowest BCUT2D eigenvalue weighted by Crippen LogP contribution is -2.14. The van der Waals surface area contributed by atoms with Gasteiger partial charge in [0, 0.05) is 11.4 Å². The van der Waals surface area contributed by atoms with Crippen LogP contribution in [0.25, 0.3) is 0 Å². The maximum Gasteiger partial charge on any atom is 0.0439 e. The summed E-state index contributed by atoms with van der Waals surface area (Å²) >= 11 is 0. The molecule has 74 valence electrons. The number of hydrogen-bond acceptors (Lipinski definition) is 2. The molecule has 6 fully saturated rings. The summed E-state index contributed by atoms with van der Waals surface area (Å²) in [6.07, 6.45) is 8.17. The largest absolute Gasteiger partial charge is 0.160 e. The zero-order valence-electron chi connectivity index (χ0n) is 8.45. The van der Waals surface area contributed by atoms with E-state index >= 15 is 0 Å². The number of rotatable bonds is 1. The summed E-state index contributed by atoms with van der Waals surface area (Å²) < 4.78 is 0. The molecule has 4 bridgehead atoms. The quantitative estimate of drug-likeness (QED) is 0.565. The molecule has 0 saturated heterocycles. The van der Waals surface area contributed by atoms with Gasteiger partial charge in [0.15, 0.2) is 0 Å². The highest BCUT2D eigenvalue weighted by molar-refractivity contribution is 5.94. The van der Waals surface area contributed by atoms with Gasteiger partial charge < -0.3 is 0 Å². The average molecular weight is 188 g/mol. The molecule has 2 heteroatoms. The average Bonchev–Trinajstić information content (AvgIpc) is 2.74. The van der Waals surface area contributed by atoms with Gasteiger partial charge >= 0.3 is 0 Å². The molecule has 0 spiro atoms. The van der Waals surface area contributed by atoms with Crippen molar-refractivity contribution in [2.24, 2.45) is 33.9 Å². The summed E-state index contributed by atoms with van der Waals surface area (Å²) in [5, 5.41) is 9.02. The Bertz CT molecular complexity index is 296. The van der Waals surface area contributed by atoms with Crippen molar-refractivity contribution in [3.8, 4) is 0 Å². The molecule has 0 unspecified atom stereocenters. The molecule has 0 atom stereocenters. The highest BCUT2D eigenvalue weighted by Crippen LogP contribution is 2.48. The predicted molar refractivity (Wildman–Crippen MR) is 56.5 cm³/mol. The molecule has 6 aliphatic carbocycles. The molecular weight excluding hydrogens is 172 g/mol. The molecule has 6 rings (SSSR count). The zero-order chi connectivity index (χ0) is 9.12. The minimum absolute atomic E-state index is 0.834. The minimum Gasteiger partial charge on any atom is -0.160 e. The monoisotopic (exact) mass is 188 g/mol. The van der Waals surface area contributed by atoms with E-state index in [2.05, 4.69) is 10.2 Å². The van der Waals surface area contributed by atoms with Crippen LogP contribution in [0.5, 0.6) is 0 Å². The zero-order valence-corrected chi connectivity index (χ0v) is 8.45. The van der Waals surface area contributed by atoms with Crippen LogP contribution in [-0.2, 0) is 0 Å². The molecule has 2 nitrogen and oxygen atoms in total. The molecule has 0 aromatic carbocycles. The molecule has 0 heterocycles. The first kappa shape index (κ1) is 7.61. The van der Waals surface area contributed by atoms with E-state index in [4.69, 9.17) is 0 Å². The summed E-state index contributed by atoms with van der Waals surface area (Å²) in [7, 11) is 0. The molecule has 0 aromatic heterocycles. The molecule has 0 amide bonds. The van der Waals surface area contributed by atoms with Gasteiger partial charge in [0.05, 0.1) is 0 Å². The van der Waals surface area contributed by atoms with Gasteiger partial charge in [-0.2, -0.15) is 10.2 Å². The van der Waals surface area contributed by atoms with Gasteiger partial charge in [-0.25, -0.2) is 0 Å². The highest BCUT2D eigenvalue weighted by Gasteiger charge is 2.43. The third-order valence-electron chi connectivity index (χ3n) is 4.72. The highest BCUT2D eigenvalue weighted by atomic mass is 15.2. The van der Waals surface area contributed by atoms with Gasteiger partial charge in [-0.1, -0.05) is 0 Å². The van der Waals surface area contributed by atoms with E-state index in [1.54, 1.807) is 0 Å². The lowest BCUT2D eigenvalue weighted by Gasteiger charge is -2.21. The first-order valence-corrected chi connectivity index (χ1v) is 6.01. The summed E-state index contributed by atoms with van der Waals surface area (Å²) in [4.78, 5) is 0. The van der Waals surface area contributed by atoms with Gasteiger partial charge in [-0.3, -0.25) is 0 Å². The Morgan fingerprint density at radius 2 is 1.14 bits per heavy atom. The smallest absolute Gasteiger partial charge is 0.0439 e. The maximum absolute atomic E-state index is 4.51. The maximum atomic E-state index is 4.51. The van der Waals surface area contributed by atoms with Crippen LogP contribution in [-0.4, -0.2) is 11.4 Å². The van der Waals surface area contributed by atoms with E-state index in [0.717, 1.165) is 23.7 Å². The van der Waals surface area contributed by atoms with Crippen molar-refractivity contribution in [3.05, 3.63) is 0 Å². The van der Waals surface area contributed by atoms with Crippen LogP contribution < -0.4 is 0 Å². The van der Waals surface area contributed by atoms with Crippen molar-refractivity contribution in [1.29, 1.82) is 0 Å². The second-order valence-corrected chi connectivity index (χ2v) is 5.66. The van der Waals surface area contributed by atoms with Gasteiger partial charge in [0.2, 0.25) is 0 Å². The molecule has 6 aliphatic rings.